The standard InChI is InChI=1S/C26H25N3O5/c1-5-33-23-14-20(29(31)32)12-17(24(23)30)15-27-19-10-11-22-21(13-19)28-25(34-22)16-6-8-18(9-7-16)26(2,3)4/h6-15,30H,5H2,1-4H3. The number of benzene rings is 3. The first-order valence-corrected chi connectivity index (χ1v) is 10.9. The summed E-state index contributed by atoms with van der Waals surface area (Å²) in [6, 6.07) is 15.8. The normalized spacial score (nSPS) is 11.9. The summed E-state index contributed by atoms with van der Waals surface area (Å²) in [5.74, 6) is 0.334. The Morgan fingerprint density at radius 2 is 1.88 bits per heavy atom. The van der Waals surface area contributed by atoms with Gasteiger partial charge in [0.1, 0.15) is 5.52 Å². The van der Waals surface area contributed by atoms with Crippen molar-refractivity contribution in [1.82, 2.24) is 4.98 Å². The van der Waals surface area contributed by atoms with E-state index < -0.39 is 4.92 Å². The zero-order valence-electron chi connectivity index (χ0n) is 19.4. The maximum Gasteiger partial charge on any atom is 0.274 e. The first-order valence-electron chi connectivity index (χ1n) is 10.9. The number of oxazole rings is 1. The molecule has 4 aromatic rings. The minimum Gasteiger partial charge on any atom is -0.504 e. The van der Waals surface area contributed by atoms with Crippen LogP contribution in [0.2, 0.25) is 0 Å². The molecule has 8 heteroatoms. The van der Waals surface area contributed by atoms with Crippen molar-refractivity contribution in [3.8, 4) is 23.0 Å². The fourth-order valence-electron chi connectivity index (χ4n) is 3.46. The summed E-state index contributed by atoms with van der Waals surface area (Å²) in [6.07, 6.45) is 1.36. The molecule has 174 valence electrons. The molecule has 3 aromatic carbocycles. The van der Waals surface area contributed by atoms with Gasteiger partial charge in [-0.2, -0.15) is 0 Å². The van der Waals surface area contributed by atoms with Gasteiger partial charge in [-0.3, -0.25) is 15.1 Å². The largest absolute Gasteiger partial charge is 0.504 e. The highest BCUT2D eigenvalue weighted by atomic mass is 16.6. The number of rotatable bonds is 6. The number of phenols is 1. The molecular formula is C26H25N3O5. The number of aliphatic imine (C=N–C) groups is 1. The monoisotopic (exact) mass is 459 g/mol. The molecule has 0 spiro atoms. The van der Waals surface area contributed by atoms with Crippen LogP contribution in [0.15, 0.2) is 64.0 Å². The Labute approximate surface area is 196 Å². The Balaban J connectivity index is 1.64. The van der Waals surface area contributed by atoms with Crippen LogP contribution in [0.3, 0.4) is 0 Å². The van der Waals surface area contributed by atoms with Gasteiger partial charge in [-0.05, 0) is 48.2 Å². The minimum atomic E-state index is -0.545. The molecule has 0 radical (unpaired) electrons. The Hall–Kier alpha value is -4.20. The molecular weight excluding hydrogens is 434 g/mol. The van der Waals surface area contributed by atoms with Gasteiger partial charge in [0.25, 0.3) is 5.69 Å². The minimum absolute atomic E-state index is 0.0345. The van der Waals surface area contributed by atoms with Gasteiger partial charge in [-0.25, -0.2) is 4.98 Å². The number of nitrogens with zero attached hydrogens (tertiary/aromatic N) is 3. The zero-order chi connectivity index (χ0) is 24.5. The zero-order valence-corrected chi connectivity index (χ0v) is 19.4. The maximum absolute atomic E-state index is 11.2. The number of ether oxygens (including phenoxy) is 1. The fourth-order valence-corrected chi connectivity index (χ4v) is 3.46. The predicted octanol–water partition coefficient (Wildman–Crippen LogP) is 6.56. The lowest BCUT2D eigenvalue weighted by Gasteiger charge is -2.18. The van der Waals surface area contributed by atoms with Gasteiger partial charge in [-0.1, -0.05) is 32.9 Å². The van der Waals surface area contributed by atoms with E-state index >= 15 is 0 Å². The van der Waals surface area contributed by atoms with Crippen molar-refractivity contribution in [3.05, 3.63) is 75.8 Å². The summed E-state index contributed by atoms with van der Waals surface area (Å²) in [5.41, 5.74) is 3.94. The Bertz CT molecular complexity index is 1380. The topological polar surface area (TPSA) is 111 Å². The summed E-state index contributed by atoms with van der Waals surface area (Å²) >= 11 is 0. The average molecular weight is 460 g/mol. The van der Waals surface area contributed by atoms with E-state index in [9.17, 15) is 15.2 Å². The lowest BCUT2D eigenvalue weighted by atomic mass is 9.87. The van der Waals surface area contributed by atoms with Crippen LogP contribution in [0.5, 0.6) is 11.5 Å². The number of fused-ring (bicyclic) bond motifs is 1. The molecule has 8 nitrogen and oxygen atoms in total. The lowest BCUT2D eigenvalue weighted by Crippen LogP contribution is -2.10. The van der Waals surface area contributed by atoms with E-state index in [-0.39, 0.29) is 34.8 Å². The van der Waals surface area contributed by atoms with Gasteiger partial charge in [0.05, 0.1) is 23.3 Å². The second-order valence-electron chi connectivity index (χ2n) is 8.83. The van der Waals surface area contributed by atoms with Crippen LogP contribution >= 0.6 is 0 Å². The van der Waals surface area contributed by atoms with Crippen LogP contribution in [-0.4, -0.2) is 27.8 Å². The molecule has 0 unspecified atom stereocenters. The third kappa shape index (κ3) is 4.76. The summed E-state index contributed by atoms with van der Waals surface area (Å²) in [4.78, 5) is 19.6. The maximum atomic E-state index is 11.2. The first-order chi connectivity index (χ1) is 16.2. The van der Waals surface area contributed by atoms with Crippen molar-refractivity contribution in [3.63, 3.8) is 0 Å². The van der Waals surface area contributed by atoms with E-state index in [1.165, 1.54) is 23.9 Å². The van der Waals surface area contributed by atoms with Crippen LogP contribution in [0.25, 0.3) is 22.6 Å². The third-order valence-corrected chi connectivity index (χ3v) is 5.32. The summed E-state index contributed by atoms with van der Waals surface area (Å²) < 4.78 is 11.2. The smallest absolute Gasteiger partial charge is 0.274 e. The van der Waals surface area contributed by atoms with Gasteiger partial charge in [0.2, 0.25) is 5.89 Å². The van der Waals surface area contributed by atoms with Crippen molar-refractivity contribution in [2.75, 3.05) is 6.61 Å². The molecule has 0 bridgehead atoms. The Morgan fingerprint density at radius 1 is 1.15 bits per heavy atom. The SMILES string of the molecule is CCOc1cc([N+](=O)[O-])cc(C=Nc2ccc3oc(-c4ccc(C(C)(C)C)cc4)nc3c2)c1O. The van der Waals surface area contributed by atoms with Crippen LogP contribution in [0, 0.1) is 10.1 Å². The van der Waals surface area contributed by atoms with Gasteiger partial charge in [-0.15, -0.1) is 0 Å². The molecule has 4 rings (SSSR count). The molecule has 0 amide bonds. The highest BCUT2D eigenvalue weighted by Gasteiger charge is 2.17. The third-order valence-electron chi connectivity index (χ3n) is 5.32. The molecule has 0 atom stereocenters. The second kappa shape index (κ2) is 8.97. The van der Waals surface area contributed by atoms with Crippen LogP contribution in [0.1, 0.15) is 38.8 Å². The highest BCUT2D eigenvalue weighted by Crippen LogP contribution is 2.34. The molecule has 1 N–H and O–H groups in total. The van der Waals surface area contributed by atoms with E-state index in [4.69, 9.17) is 9.15 Å². The predicted molar refractivity (Wildman–Crippen MR) is 131 cm³/mol. The number of phenolic OH excluding ortho intramolecular Hbond substituents is 1. The molecule has 0 aliphatic heterocycles. The second-order valence-corrected chi connectivity index (χ2v) is 8.83. The molecule has 0 aliphatic carbocycles. The van der Waals surface area contributed by atoms with Crippen molar-refractivity contribution in [1.29, 1.82) is 0 Å². The van der Waals surface area contributed by atoms with Crippen molar-refractivity contribution in [2.24, 2.45) is 4.99 Å². The van der Waals surface area contributed by atoms with E-state index in [2.05, 4.69) is 42.9 Å². The number of nitro benzene ring substituents is 1. The quantitative estimate of drug-likeness (QED) is 0.199. The van der Waals surface area contributed by atoms with Gasteiger partial charge < -0.3 is 14.3 Å². The number of nitro groups is 1. The molecule has 34 heavy (non-hydrogen) atoms. The van der Waals surface area contributed by atoms with Gasteiger partial charge in [0, 0.05) is 23.4 Å². The van der Waals surface area contributed by atoms with Crippen LogP contribution in [-0.2, 0) is 5.41 Å². The fraction of sp³-hybridized carbons (Fsp3) is 0.231. The highest BCUT2D eigenvalue weighted by molar-refractivity contribution is 5.89. The van der Waals surface area contributed by atoms with Gasteiger partial charge in [0.15, 0.2) is 17.1 Å². The summed E-state index contributed by atoms with van der Waals surface area (Å²) in [7, 11) is 0. The van der Waals surface area contributed by atoms with E-state index in [0.29, 0.717) is 22.7 Å². The molecule has 0 saturated carbocycles. The number of aromatic hydroxyl groups is 1. The van der Waals surface area contributed by atoms with E-state index in [1.54, 1.807) is 25.1 Å². The molecule has 0 aliphatic rings. The number of hydrogen-bond acceptors (Lipinski definition) is 7. The van der Waals surface area contributed by atoms with Crippen molar-refractivity contribution < 1.29 is 19.2 Å². The van der Waals surface area contributed by atoms with E-state index in [1.807, 2.05) is 12.1 Å². The van der Waals surface area contributed by atoms with Crippen LogP contribution in [0.4, 0.5) is 11.4 Å². The van der Waals surface area contributed by atoms with Crippen molar-refractivity contribution in [2.45, 2.75) is 33.1 Å². The van der Waals surface area contributed by atoms with Gasteiger partial charge >= 0.3 is 0 Å². The number of hydrogen-bond donors (Lipinski definition) is 1. The number of non-ortho nitro benzene ring substituents is 1. The van der Waals surface area contributed by atoms with E-state index in [0.717, 1.165) is 5.56 Å². The van der Waals surface area contributed by atoms with Crippen LogP contribution < -0.4 is 4.74 Å². The Morgan fingerprint density at radius 3 is 2.53 bits per heavy atom. The lowest BCUT2D eigenvalue weighted by molar-refractivity contribution is -0.385. The number of aromatic nitrogens is 1. The molecule has 1 aromatic heterocycles. The molecule has 0 fully saturated rings. The Kier molecular flexibility index (Phi) is 6.06. The molecule has 1 heterocycles. The average Bonchev–Trinajstić information content (AvgIpc) is 3.22. The van der Waals surface area contributed by atoms with Crippen molar-refractivity contribution >= 4 is 28.7 Å². The summed E-state index contributed by atoms with van der Waals surface area (Å²) in [5, 5.41) is 21.6. The summed E-state index contributed by atoms with van der Waals surface area (Å²) in [6.45, 7) is 8.47. The molecule has 0 saturated heterocycles. The first kappa shape index (κ1) is 23.0.